The molecule has 7 heteroatoms. The van der Waals surface area contributed by atoms with E-state index in [1.807, 2.05) is 10.3 Å². The number of hydrogen-bond acceptors (Lipinski definition) is 5. The minimum Gasteiger partial charge on any atom is -0.467 e. The molecule has 1 amide bonds. The van der Waals surface area contributed by atoms with Crippen LogP contribution in [-0.2, 0) is 4.79 Å². The van der Waals surface area contributed by atoms with E-state index in [1.54, 1.807) is 12.1 Å². The van der Waals surface area contributed by atoms with Crippen molar-refractivity contribution in [2.24, 2.45) is 5.92 Å². The molecule has 140 valence electrons. The van der Waals surface area contributed by atoms with Gasteiger partial charge >= 0.3 is 0 Å². The predicted molar refractivity (Wildman–Crippen MR) is 103 cm³/mol. The van der Waals surface area contributed by atoms with Gasteiger partial charge in [0.15, 0.2) is 6.61 Å². The van der Waals surface area contributed by atoms with Gasteiger partial charge in [-0.3, -0.25) is 4.79 Å². The van der Waals surface area contributed by atoms with Crippen LogP contribution >= 0.6 is 11.3 Å². The smallest absolute Gasteiger partial charge is 0.260 e. The Labute approximate surface area is 160 Å². The molecule has 0 spiro atoms. The summed E-state index contributed by atoms with van der Waals surface area (Å²) in [7, 11) is 0. The number of thiophene rings is 1. The quantitative estimate of drug-likeness (QED) is 0.677. The lowest BCUT2D eigenvalue weighted by atomic mass is 9.99. The maximum atomic E-state index is 13.2. The fourth-order valence-electron chi connectivity index (χ4n) is 3.28. The van der Waals surface area contributed by atoms with E-state index in [0.29, 0.717) is 11.8 Å². The van der Waals surface area contributed by atoms with Gasteiger partial charge in [0, 0.05) is 24.0 Å². The standard InChI is InChI=1S/C20H20FN3O2S/c1-13-6-8-24(9-7-13)17(25)10-26-19-18-16(11-27-20(18)23-12-22-19)14-2-4-15(21)5-3-14/h2-5,11-13H,6-10H2,1H3. The van der Waals surface area contributed by atoms with Gasteiger partial charge in [-0.05, 0) is 36.5 Å². The summed E-state index contributed by atoms with van der Waals surface area (Å²) >= 11 is 1.47. The first-order valence-corrected chi connectivity index (χ1v) is 9.88. The summed E-state index contributed by atoms with van der Waals surface area (Å²) in [6.07, 6.45) is 3.50. The van der Waals surface area contributed by atoms with Crippen LogP contribution in [0.15, 0.2) is 36.0 Å². The number of hydrogen-bond donors (Lipinski definition) is 0. The largest absolute Gasteiger partial charge is 0.467 e. The van der Waals surface area contributed by atoms with E-state index in [1.165, 1.54) is 29.8 Å². The second kappa shape index (κ2) is 7.60. The third kappa shape index (κ3) is 3.78. The molecule has 27 heavy (non-hydrogen) atoms. The molecule has 3 aromatic rings. The summed E-state index contributed by atoms with van der Waals surface area (Å²) in [6, 6.07) is 6.27. The minimum absolute atomic E-state index is 0.0211. The van der Waals surface area contributed by atoms with Crippen molar-refractivity contribution in [2.75, 3.05) is 19.7 Å². The topological polar surface area (TPSA) is 55.3 Å². The number of carbonyl (C=O) groups excluding carboxylic acids is 1. The van der Waals surface area contributed by atoms with E-state index in [0.717, 1.165) is 47.3 Å². The van der Waals surface area contributed by atoms with Crippen LogP contribution in [0.25, 0.3) is 21.3 Å². The highest BCUT2D eigenvalue weighted by Crippen LogP contribution is 2.37. The Kier molecular flexibility index (Phi) is 5.03. The van der Waals surface area contributed by atoms with Crippen molar-refractivity contribution in [1.82, 2.24) is 14.9 Å². The highest BCUT2D eigenvalue weighted by Gasteiger charge is 2.21. The molecule has 1 aromatic carbocycles. The van der Waals surface area contributed by atoms with Gasteiger partial charge < -0.3 is 9.64 Å². The maximum absolute atomic E-state index is 13.2. The molecule has 0 atom stereocenters. The highest BCUT2D eigenvalue weighted by atomic mass is 32.1. The molecule has 0 saturated carbocycles. The first-order chi connectivity index (χ1) is 13.1. The van der Waals surface area contributed by atoms with Gasteiger partial charge in [0.25, 0.3) is 5.91 Å². The number of amides is 1. The zero-order valence-electron chi connectivity index (χ0n) is 15.0. The number of aromatic nitrogens is 2. The molecule has 4 rings (SSSR count). The maximum Gasteiger partial charge on any atom is 0.260 e. The number of nitrogens with zero attached hydrogens (tertiary/aromatic N) is 3. The SMILES string of the molecule is CC1CCN(C(=O)COc2ncnc3scc(-c4ccc(F)cc4)c23)CC1. The Morgan fingerprint density at radius 3 is 2.74 bits per heavy atom. The van der Waals surface area contributed by atoms with Crippen LogP contribution in [0.5, 0.6) is 5.88 Å². The zero-order chi connectivity index (χ0) is 18.8. The molecule has 0 N–H and O–H groups in total. The molecule has 3 heterocycles. The highest BCUT2D eigenvalue weighted by molar-refractivity contribution is 7.17. The second-order valence-corrected chi connectivity index (χ2v) is 7.73. The average Bonchev–Trinajstić information content (AvgIpc) is 3.12. The van der Waals surface area contributed by atoms with Crippen LogP contribution < -0.4 is 4.74 Å². The molecule has 1 aliphatic heterocycles. The Morgan fingerprint density at radius 2 is 2.00 bits per heavy atom. The monoisotopic (exact) mass is 385 g/mol. The van der Waals surface area contributed by atoms with Gasteiger partial charge in [0.1, 0.15) is 17.0 Å². The number of rotatable bonds is 4. The molecular formula is C20H20FN3O2S. The van der Waals surface area contributed by atoms with Crippen molar-refractivity contribution in [2.45, 2.75) is 19.8 Å². The molecule has 5 nitrogen and oxygen atoms in total. The lowest BCUT2D eigenvalue weighted by Crippen LogP contribution is -2.40. The molecule has 1 saturated heterocycles. The number of benzene rings is 1. The number of halogens is 1. The Bertz CT molecular complexity index is 950. The van der Waals surface area contributed by atoms with Gasteiger partial charge in [-0.1, -0.05) is 19.1 Å². The molecular weight excluding hydrogens is 365 g/mol. The minimum atomic E-state index is -0.285. The fourth-order valence-corrected chi connectivity index (χ4v) is 4.18. The summed E-state index contributed by atoms with van der Waals surface area (Å²) in [4.78, 5) is 23.6. The molecule has 0 bridgehead atoms. The Balaban J connectivity index is 1.56. The van der Waals surface area contributed by atoms with Crippen LogP contribution in [0.4, 0.5) is 4.39 Å². The lowest BCUT2D eigenvalue weighted by molar-refractivity contribution is -0.134. The van der Waals surface area contributed by atoms with E-state index in [9.17, 15) is 9.18 Å². The van der Waals surface area contributed by atoms with Gasteiger partial charge in [0.2, 0.25) is 5.88 Å². The van der Waals surface area contributed by atoms with Crippen molar-refractivity contribution in [3.8, 4) is 17.0 Å². The molecule has 0 radical (unpaired) electrons. The summed E-state index contributed by atoms with van der Waals surface area (Å²) in [5, 5.41) is 2.71. The zero-order valence-corrected chi connectivity index (χ0v) is 15.8. The normalized spacial score (nSPS) is 15.3. The average molecular weight is 385 g/mol. The Hall–Kier alpha value is -2.54. The molecule has 2 aromatic heterocycles. The summed E-state index contributed by atoms with van der Waals surface area (Å²) in [6.45, 7) is 3.73. The van der Waals surface area contributed by atoms with E-state index in [2.05, 4.69) is 16.9 Å². The van der Waals surface area contributed by atoms with Crippen LogP contribution in [-0.4, -0.2) is 40.5 Å². The number of ether oxygens (including phenoxy) is 1. The van der Waals surface area contributed by atoms with Crippen LogP contribution in [0.3, 0.4) is 0 Å². The Morgan fingerprint density at radius 1 is 1.26 bits per heavy atom. The lowest BCUT2D eigenvalue weighted by Gasteiger charge is -2.30. The van der Waals surface area contributed by atoms with Gasteiger partial charge in [0.05, 0.1) is 5.39 Å². The summed E-state index contributed by atoms with van der Waals surface area (Å²) in [5.74, 6) is 0.750. The van der Waals surface area contributed by atoms with E-state index >= 15 is 0 Å². The second-order valence-electron chi connectivity index (χ2n) is 6.87. The molecule has 1 fully saturated rings. The molecule has 0 aliphatic carbocycles. The third-order valence-corrected chi connectivity index (χ3v) is 5.85. The number of carbonyl (C=O) groups is 1. The van der Waals surface area contributed by atoms with Gasteiger partial charge in [-0.2, -0.15) is 0 Å². The van der Waals surface area contributed by atoms with Crippen LogP contribution in [0.2, 0.25) is 0 Å². The first-order valence-electron chi connectivity index (χ1n) is 9.00. The van der Waals surface area contributed by atoms with Gasteiger partial charge in [-0.25, -0.2) is 14.4 Å². The van der Waals surface area contributed by atoms with Crippen molar-refractivity contribution in [1.29, 1.82) is 0 Å². The third-order valence-electron chi connectivity index (χ3n) is 4.96. The number of likely N-dealkylation sites (tertiary alicyclic amines) is 1. The summed E-state index contributed by atoms with van der Waals surface area (Å²) < 4.78 is 19.0. The van der Waals surface area contributed by atoms with E-state index in [-0.39, 0.29) is 18.3 Å². The predicted octanol–water partition coefficient (Wildman–Crippen LogP) is 4.13. The van der Waals surface area contributed by atoms with Crippen molar-refractivity contribution in [3.05, 3.63) is 41.8 Å². The number of piperidine rings is 1. The first kappa shape index (κ1) is 17.9. The van der Waals surface area contributed by atoms with Crippen molar-refractivity contribution < 1.29 is 13.9 Å². The molecule has 0 unspecified atom stereocenters. The van der Waals surface area contributed by atoms with Crippen LogP contribution in [0, 0.1) is 11.7 Å². The van der Waals surface area contributed by atoms with Gasteiger partial charge in [-0.15, -0.1) is 11.3 Å². The number of fused-ring (bicyclic) bond motifs is 1. The molecule has 1 aliphatic rings. The van der Waals surface area contributed by atoms with Crippen LogP contribution in [0.1, 0.15) is 19.8 Å². The van der Waals surface area contributed by atoms with E-state index < -0.39 is 0 Å². The summed E-state index contributed by atoms with van der Waals surface area (Å²) in [5.41, 5.74) is 1.74. The van der Waals surface area contributed by atoms with Crippen molar-refractivity contribution in [3.63, 3.8) is 0 Å². The fraction of sp³-hybridized carbons (Fsp3) is 0.350. The van der Waals surface area contributed by atoms with Crippen molar-refractivity contribution >= 4 is 27.5 Å². The van der Waals surface area contributed by atoms with E-state index in [4.69, 9.17) is 4.74 Å².